The molecule has 0 bridgehead atoms. The minimum atomic E-state index is -4.68. The van der Waals surface area contributed by atoms with Gasteiger partial charge in [0.25, 0.3) is 0 Å². The Morgan fingerprint density at radius 3 is 1.91 bits per heavy atom. The molecule has 1 aliphatic rings. The molecule has 14 N–H and O–H groups in total. The van der Waals surface area contributed by atoms with Crippen molar-refractivity contribution >= 4 is 64.1 Å². The second-order valence-electron chi connectivity index (χ2n) is 18.1. The zero-order chi connectivity index (χ0) is 53.8. The summed E-state index contributed by atoms with van der Waals surface area (Å²) in [4.78, 5) is 119. The first-order valence-electron chi connectivity index (χ1n) is 24.5. The number of nitrogens with two attached hydrogens (primary N) is 3. The van der Waals surface area contributed by atoms with Gasteiger partial charge in [-0.2, -0.15) is 13.2 Å². The SMILES string of the molecule is CCCCC(=O)N[C@@H]1CC(=O)NCCCC[C@@H](C(N)=O)NC(=O)[C@H](Cc2c[nH]c3ccccc23)NC(=O)[C@@H](CCCN=C(N)N)NC(=O)[C@H](Cc2ccccc2)NC(=O)[C@@H](Cc2ccc(C(F)(F)F)cc2)NC1=O. The normalized spacial score (nSPS) is 21.2. The Labute approximate surface area is 425 Å². The molecule has 74 heavy (non-hydrogen) atoms. The summed E-state index contributed by atoms with van der Waals surface area (Å²) in [5, 5.41) is 19.3. The van der Waals surface area contributed by atoms with Crippen LogP contribution in [0.3, 0.4) is 0 Å². The number of para-hydroxylation sites is 1. The van der Waals surface area contributed by atoms with Crippen LogP contribution < -0.4 is 54.4 Å². The molecule has 0 saturated carbocycles. The monoisotopic (exact) mass is 1030 g/mol. The number of halogens is 3. The largest absolute Gasteiger partial charge is 0.416 e. The number of aromatic amines is 1. The van der Waals surface area contributed by atoms with E-state index in [1.165, 1.54) is 0 Å². The molecule has 8 amide bonds. The molecule has 1 saturated heterocycles. The zero-order valence-electron chi connectivity index (χ0n) is 41.0. The number of fused-ring (bicyclic) bond motifs is 1. The van der Waals surface area contributed by atoms with Crippen molar-refractivity contribution in [2.45, 2.75) is 126 Å². The molecule has 1 aromatic heterocycles. The highest BCUT2D eigenvalue weighted by molar-refractivity contribution is 5.98. The number of amides is 8. The number of alkyl halides is 3. The van der Waals surface area contributed by atoms with Crippen LogP contribution in [0, 0.1) is 0 Å². The van der Waals surface area contributed by atoms with E-state index >= 15 is 0 Å². The van der Waals surface area contributed by atoms with Gasteiger partial charge in [-0.25, -0.2) is 0 Å². The van der Waals surface area contributed by atoms with Gasteiger partial charge in [-0.05, 0) is 73.4 Å². The Bertz CT molecular complexity index is 2610. The van der Waals surface area contributed by atoms with Gasteiger partial charge >= 0.3 is 6.18 Å². The number of H-pyrrole nitrogens is 1. The van der Waals surface area contributed by atoms with E-state index in [-0.39, 0.29) is 76.0 Å². The number of rotatable bonds is 15. The lowest BCUT2D eigenvalue weighted by Gasteiger charge is -2.28. The maximum atomic E-state index is 14.7. The van der Waals surface area contributed by atoms with Gasteiger partial charge in [-0.1, -0.05) is 74.0 Å². The number of carbonyl (C=O) groups is 8. The summed E-state index contributed by atoms with van der Waals surface area (Å²) in [6.45, 7) is 1.91. The number of nitrogens with zero attached hydrogens (tertiary/aromatic N) is 1. The number of benzene rings is 3. The van der Waals surface area contributed by atoms with Crippen molar-refractivity contribution in [1.82, 2.24) is 42.2 Å². The van der Waals surface area contributed by atoms with Gasteiger partial charge in [0, 0.05) is 55.9 Å². The highest BCUT2D eigenvalue weighted by atomic mass is 19.4. The van der Waals surface area contributed by atoms with Crippen LogP contribution in [0.1, 0.15) is 87.0 Å². The number of hydrogen-bond donors (Lipinski definition) is 11. The lowest BCUT2D eigenvalue weighted by Crippen LogP contribution is -2.60. The van der Waals surface area contributed by atoms with E-state index in [1.807, 2.05) is 25.1 Å². The maximum Gasteiger partial charge on any atom is 0.416 e. The Morgan fingerprint density at radius 1 is 0.689 bits per heavy atom. The number of carbonyl (C=O) groups excluding carboxylic acids is 8. The smallest absolute Gasteiger partial charge is 0.370 e. The Hall–Kier alpha value is -7.98. The summed E-state index contributed by atoms with van der Waals surface area (Å²) in [6.07, 6.45) is -2.64. The van der Waals surface area contributed by atoms with Gasteiger partial charge in [0.2, 0.25) is 47.3 Å². The van der Waals surface area contributed by atoms with Crippen molar-refractivity contribution in [3.05, 3.63) is 107 Å². The van der Waals surface area contributed by atoms with Crippen LogP contribution in [0.2, 0.25) is 0 Å². The van der Waals surface area contributed by atoms with Gasteiger partial charge in [0.1, 0.15) is 36.3 Å². The molecule has 20 nitrogen and oxygen atoms in total. The van der Waals surface area contributed by atoms with Gasteiger partial charge in [-0.15, -0.1) is 0 Å². The third-order valence-corrected chi connectivity index (χ3v) is 12.3. The molecule has 4 aromatic rings. The first-order chi connectivity index (χ1) is 35.3. The molecule has 2 heterocycles. The fourth-order valence-corrected chi connectivity index (χ4v) is 8.25. The summed E-state index contributed by atoms with van der Waals surface area (Å²) in [6, 6.07) is 10.9. The Morgan fingerprint density at radius 2 is 1.27 bits per heavy atom. The molecule has 1 fully saturated rings. The fraction of sp³-hybridized carbons (Fsp3) is 0.431. The lowest BCUT2D eigenvalue weighted by atomic mass is 10.00. The van der Waals surface area contributed by atoms with E-state index in [9.17, 15) is 51.5 Å². The van der Waals surface area contributed by atoms with Crippen molar-refractivity contribution in [1.29, 1.82) is 0 Å². The summed E-state index contributed by atoms with van der Waals surface area (Å²) in [5.74, 6) is -6.82. The molecule has 0 radical (unpaired) electrons. The van der Waals surface area contributed by atoms with E-state index in [2.05, 4.69) is 47.2 Å². The van der Waals surface area contributed by atoms with E-state index in [4.69, 9.17) is 17.2 Å². The number of nitrogens with one attached hydrogen (secondary N) is 8. The van der Waals surface area contributed by atoms with E-state index in [0.29, 0.717) is 24.0 Å². The minimum absolute atomic E-state index is 0.00228. The molecule has 6 atom stereocenters. The molecular formula is C51H65F3N12O8. The first-order valence-corrected chi connectivity index (χ1v) is 24.5. The quantitative estimate of drug-likeness (QED) is 0.0464. The van der Waals surface area contributed by atoms with Gasteiger partial charge in [-0.3, -0.25) is 43.3 Å². The third kappa shape index (κ3) is 17.9. The van der Waals surface area contributed by atoms with Crippen molar-refractivity contribution in [2.24, 2.45) is 22.2 Å². The molecule has 5 rings (SSSR count). The Balaban J connectivity index is 1.57. The fourth-order valence-electron chi connectivity index (χ4n) is 8.25. The number of unbranched alkanes of at least 4 members (excludes halogenated alkanes) is 1. The summed E-state index contributed by atoms with van der Waals surface area (Å²) >= 11 is 0. The molecule has 398 valence electrons. The van der Waals surface area contributed by atoms with Gasteiger partial charge in [0.15, 0.2) is 5.96 Å². The predicted octanol–water partition coefficient (Wildman–Crippen LogP) is 1.54. The molecule has 23 heteroatoms. The minimum Gasteiger partial charge on any atom is -0.370 e. The summed E-state index contributed by atoms with van der Waals surface area (Å²) in [7, 11) is 0. The van der Waals surface area contributed by atoms with E-state index < -0.39 is 108 Å². The van der Waals surface area contributed by atoms with E-state index in [1.54, 1.807) is 42.6 Å². The maximum absolute atomic E-state index is 14.7. The second kappa shape index (κ2) is 27.7. The molecule has 1 aliphatic heterocycles. The van der Waals surface area contributed by atoms with Crippen LogP contribution in [-0.2, 0) is 63.8 Å². The number of primary amides is 1. The van der Waals surface area contributed by atoms with Crippen LogP contribution in [0.15, 0.2) is 90.1 Å². The van der Waals surface area contributed by atoms with Crippen LogP contribution >= 0.6 is 0 Å². The lowest BCUT2D eigenvalue weighted by molar-refractivity contribution is -0.137. The average molecular weight is 1030 g/mol. The average Bonchev–Trinajstić information content (AvgIpc) is 3.77. The molecule has 0 aliphatic carbocycles. The standard InChI is InChI=1S/C51H65F3N12O8/c1-2-3-18-42(67)61-41-28-43(68)58-23-10-9-16-36(44(55)69)62-48(73)40(27-32-29-60-35-15-8-7-14-34(32)35)66-45(70)37(17-11-24-59-50(56)57)63-46(71)38(25-30-12-5-4-6-13-30)64-47(72)39(65-49(41)74)26-31-19-21-33(22-20-31)51(52,53)54/h4-8,12-15,19-22,29,36-41,60H,2-3,9-11,16-18,23-28H2,1H3,(H2,55,69)(H,58,68)(H,61,67)(H,62,73)(H,63,71)(H,64,72)(H,65,74)(H,66,70)(H4,56,57,59)/t36-,37+,38-,39+,40-,41+/m0/s1. The van der Waals surface area contributed by atoms with E-state index in [0.717, 1.165) is 35.2 Å². The highest BCUT2D eigenvalue weighted by Gasteiger charge is 2.35. The van der Waals surface area contributed by atoms with Crippen molar-refractivity contribution < 1.29 is 51.5 Å². The van der Waals surface area contributed by atoms with Gasteiger partial charge < -0.3 is 59.4 Å². The van der Waals surface area contributed by atoms with Crippen LogP contribution in [0.4, 0.5) is 13.2 Å². The zero-order valence-corrected chi connectivity index (χ0v) is 41.0. The Kier molecular flexibility index (Phi) is 21.3. The topological polar surface area (TPSA) is 327 Å². The van der Waals surface area contributed by atoms with Crippen LogP contribution in [-0.4, -0.2) is 108 Å². The molecule has 0 unspecified atom stereocenters. The molecule has 3 aromatic carbocycles. The van der Waals surface area contributed by atoms with Gasteiger partial charge in [0.05, 0.1) is 12.0 Å². The second-order valence-corrected chi connectivity index (χ2v) is 18.1. The summed E-state index contributed by atoms with van der Waals surface area (Å²) < 4.78 is 40.8. The number of guanidine groups is 1. The predicted molar refractivity (Wildman–Crippen MR) is 269 cm³/mol. The van der Waals surface area contributed by atoms with Crippen molar-refractivity contribution in [3.63, 3.8) is 0 Å². The highest BCUT2D eigenvalue weighted by Crippen LogP contribution is 2.29. The number of aromatic nitrogens is 1. The van der Waals surface area contributed by atoms with Crippen LogP contribution in [0.25, 0.3) is 10.9 Å². The number of aliphatic imine (C=N–C) groups is 1. The van der Waals surface area contributed by atoms with Crippen molar-refractivity contribution in [2.75, 3.05) is 13.1 Å². The number of hydrogen-bond acceptors (Lipinski definition) is 9. The molecular weight excluding hydrogens is 966 g/mol. The summed E-state index contributed by atoms with van der Waals surface area (Å²) in [5.41, 5.74) is 18.0. The first kappa shape index (κ1) is 56.9. The van der Waals surface area contributed by atoms with Crippen molar-refractivity contribution in [3.8, 4) is 0 Å². The third-order valence-electron chi connectivity index (χ3n) is 12.3. The molecule has 0 spiro atoms. The van der Waals surface area contributed by atoms with Crippen LogP contribution in [0.5, 0.6) is 0 Å².